The third-order valence-corrected chi connectivity index (χ3v) is 3.30. The van der Waals surface area contributed by atoms with Crippen LogP contribution in [0.1, 0.15) is 31.2 Å². The van der Waals surface area contributed by atoms with Gasteiger partial charge in [-0.15, -0.1) is 0 Å². The summed E-state index contributed by atoms with van der Waals surface area (Å²) in [7, 11) is 0. The first-order valence-corrected chi connectivity index (χ1v) is 6.27. The molecule has 0 atom stereocenters. The van der Waals surface area contributed by atoms with Gasteiger partial charge in [-0.3, -0.25) is 9.59 Å². The molecule has 18 heavy (non-hydrogen) atoms. The van der Waals surface area contributed by atoms with E-state index in [0.29, 0.717) is 6.42 Å². The predicted octanol–water partition coefficient (Wildman–Crippen LogP) is 2.44. The highest BCUT2D eigenvalue weighted by Crippen LogP contribution is 2.27. The molecule has 4 nitrogen and oxygen atoms in total. The number of amides is 1. The van der Waals surface area contributed by atoms with E-state index in [9.17, 15) is 9.59 Å². The third-order valence-electron chi connectivity index (χ3n) is 3.30. The van der Waals surface area contributed by atoms with E-state index in [1.165, 1.54) is 0 Å². The lowest BCUT2D eigenvalue weighted by Gasteiger charge is -2.24. The van der Waals surface area contributed by atoms with Gasteiger partial charge in [-0.2, -0.15) is 0 Å². The van der Waals surface area contributed by atoms with E-state index in [0.717, 1.165) is 30.5 Å². The quantitative estimate of drug-likeness (QED) is 0.839. The van der Waals surface area contributed by atoms with E-state index in [-0.39, 0.29) is 18.2 Å². The van der Waals surface area contributed by atoms with E-state index in [4.69, 9.17) is 5.11 Å². The zero-order chi connectivity index (χ0) is 13.0. The molecule has 1 aromatic carbocycles. The van der Waals surface area contributed by atoms with Crippen molar-refractivity contribution in [2.75, 3.05) is 5.32 Å². The minimum absolute atomic E-state index is 0.0802. The monoisotopic (exact) mass is 247 g/mol. The first kappa shape index (κ1) is 12.6. The van der Waals surface area contributed by atoms with Crippen LogP contribution in [0.15, 0.2) is 24.3 Å². The molecule has 2 N–H and O–H groups in total. The van der Waals surface area contributed by atoms with Crippen LogP contribution in [-0.4, -0.2) is 17.0 Å². The first-order chi connectivity index (χ1) is 8.65. The minimum Gasteiger partial charge on any atom is -0.481 e. The van der Waals surface area contributed by atoms with Crippen molar-refractivity contribution < 1.29 is 14.7 Å². The number of hydrogen-bond donors (Lipinski definition) is 2. The Labute approximate surface area is 106 Å². The fourth-order valence-corrected chi connectivity index (χ4v) is 1.97. The number of carbonyl (C=O) groups is 2. The molecule has 0 heterocycles. The smallest absolute Gasteiger partial charge is 0.303 e. The molecule has 4 heteroatoms. The average Bonchev–Trinajstić information content (AvgIpc) is 2.24. The maximum absolute atomic E-state index is 11.8. The molecular formula is C14H17NO3. The molecule has 0 saturated heterocycles. The van der Waals surface area contributed by atoms with Crippen molar-refractivity contribution >= 4 is 17.6 Å². The molecule has 0 aromatic heterocycles. The number of nitrogens with one attached hydrogen (secondary N) is 1. The van der Waals surface area contributed by atoms with Crippen LogP contribution in [-0.2, 0) is 16.0 Å². The molecule has 2 rings (SSSR count). The molecule has 1 aliphatic rings. The Morgan fingerprint density at radius 3 is 2.72 bits per heavy atom. The van der Waals surface area contributed by atoms with Crippen LogP contribution in [0.5, 0.6) is 0 Å². The predicted molar refractivity (Wildman–Crippen MR) is 68.4 cm³/mol. The molecule has 1 saturated carbocycles. The second-order valence-corrected chi connectivity index (χ2v) is 4.71. The highest BCUT2D eigenvalue weighted by atomic mass is 16.4. The second kappa shape index (κ2) is 5.67. The van der Waals surface area contributed by atoms with Gasteiger partial charge < -0.3 is 10.4 Å². The van der Waals surface area contributed by atoms with Gasteiger partial charge in [0.15, 0.2) is 0 Å². The molecule has 1 aliphatic carbocycles. The zero-order valence-corrected chi connectivity index (χ0v) is 10.2. The lowest BCUT2D eigenvalue weighted by molar-refractivity contribution is -0.137. The Balaban J connectivity index is 1.93. The molecule has 1 fully saturated rings. The number of hydrogen-bond acceptors (Lipinski definition) is 2. The lowest BCUT2D eigenvalue weighted by Crippen LogP contribution is -2.28. The third kappa shape index (κ3) is 3.32. The van der Waals surface area contributed by atoms with Gasteiger partial charge >= 0.3 is 5.97 Å². The summed E-state index contributed by atoms with van der Waals surface area (Å²) >= 11 is 0. The summed E-state index contributed by atoms with van der Waals surface area (Å²) in [5.74, 6) is -0.566. The van der Waals surface area contributed by atoms with Gasteiger partial charge in [-0.05, 0) is 37.0 Å². The largest absolute Gasteiger partial charge is 0.481 e. The summed E-state index contributed by atoms with van der Waals surface area (Å²) < 4.78 is 0. The number of benzene rings is 1. The Bertz CT molecular complexity index is 452. The molecule has 0 unspecified atom stereocenters. The number of anilines is 1. The number of aryl methyl sites for hydroxylation is 1. The van der Waals surface area contributed by atoms with E-state index in [1.807, 2.05) is 24.3 Å². The standard InChI is InChI=1S/C14H17NO3/c16-13(17)8-7-10-3-1-6-12(9-10)15-14(18)11-4-2-5-11/h1,3,6,9,11H,2,4-5,7-8H2,(H,15,18)(H,16,17). The van der Waals surface area contributed by atoms with Gasteiger partial charge in [0.05, 0.1) is 0 Å². The second-order valence-electron chi connectivity index (χ2n) is 4.71. The van der Waals surface area contributed by atoms with Gasteiger partial charge in [-0.25, -0.2) is 0 Å². The number of aliphatic carboxylic acids is 1. The average molecular weight is 247 g/mol. The molecule has 0 spiro atoms. The maximum atomic E-state index is 11.8. The summed E-state index contributed by atoms with van der Waals surface area (Å²) in [6.07, 6.45) is 3.69. The van der Waals surface area contributed by atoms with Crippen molar-refractivity contribution in [3.8, 4) is 0 Å². The Hall–Kier alpha value is -1.84. The topological polar surface area (TPSA) is 66.4 Å². The molecule has 1 aromatic rings. The van der Waals surface area contributed by atoms with Crippen LogP contribution in [0.3, 0.4) is 0 Å². The van der Waals surface area contributed by atoms with Crippen LogP contribution in [0.25, 0.3) is 0 Å². The minimum atomic E-state index is -0.807. The maximum Gasteiger partial charge on any atom is 0.303 e. The number of carboxylic acid groups (broad SMARTS) is 1. The summed E-state index contributed by atoms with van der Waals surface area (Å²) in [5.41, 5.74) is 1.69. The summed E-state index contributed by atoms with van der Waals surface area (Å²) in [4.78, 5) is 22.3. The lowest BCUT2D eigenvalue weighted by atomic mass is 9.85. The van der Waals surface area contributed by atoms with E-state index >= 15 is 0 Å². The Kier molecular flexibility index (Phi) is 3.97. The number of carboxylic acids is 1. The molecule has 96 valence electrons. The van der Waals surface area contributed by atoms with Gasteiger partial charge in [0.25, 0.3) is 0 Å². The van der Waals surface area contributed by atoms with E-state index < -0.39 is 5.97 Å². The zero-order valence-electron chi connectivity index (χ0n) is 10.2. The van der Waals surface area contributed by atoms with Gasteiger partial charge in [0.2, 0.25) is 5.91 Å². The molecule has 0 radical (unpaired) electrons. The van der Waals surface area contributed by atoms with Crippen molar-refractivity contribution in [1.82, 2.24) is 0 Å². The van der Waals surface area contributed by atoms with Crippen molar-refractivity contribution in [2.45, 2.75) is 32.1 Å². The molecule has 0 bridgehead atoms. The molecule has 1 amide bonds. The SMILES string of the molecule is O=C(O)CCc1cccc(NC(=O)C2CCC2)c1. The van der Waals surface area contributed by atoms with Crippen LogP contribution >= 0.6 is 0 Å². The van der Waals surface area contributed by atoms with E-state index in [2.05, 4.69) is 5.32 Å². The van der Waals surface area contributed by atoms with Crippen molar-refractivity contribution in [2.24, 2.45) is 5.92 Å². The first-order valence-electron chi connectivity index (χ1n) is 6.27. The van der Waals surface area contributed by atoms with Crippen LogP contribution < -0.4 is 5.32 Å². The van der Waals surface area contributed by atoms with Gasteiger partial charge in [0.1, 0.15) is 0 Å². The highest BCUT2D eigenvalue weighted by molar-refractivity contribution is 5.93. The number of rotatable bonds is 5. The van der Waals surface area contributed by atoms with Crippen LogP contribution in [0.2, 0.25) is 0 Å². The normalized spacial score (nSPS) is 14.9. The Morgan fingerprint density at radius 1 is 1.33 bits per heavy atom. The van der Waals surface area contributed by atoms with Crippen molar-refractivity contribution in [3.63, 3.8) is 0 Å². The fraction of sp³-hybridized carbons (Fsp3) is 0.429. The fourth-order valence-electron chi connectivity index (χ4n) is 1.97. The Morgan fingerprint density at radius 2 is 2.11 bits per heavy atom. The van der Waals surface area contributed by atoms with Gasteiger partial charge in [0, 0.05) is 18.0 Å². The summed E-state index contributed by atoms with van der Waals surface area (Å²) in [5, 5.41) is 11.5. The van der Waals surface area contributed by atoms with Gasteiger partial charge in [-0.1, -0.05) is 18.6 Å². The highest BCUT2D eigenvalue weighted by Gasteiger charge is 2.25. The summed E-state index contributed by atoms with van der Waals surface area (Å²) in [6, 6.07) is 7.40. The van der Waals surface area contributed by atoms with Crippen LogP contribution in [0, 0.1) is 5.92 Å². The van der Waals surface area contributed by atoms with Crippen LogP contribution in [0.4, 0.5) is 5.69 Å². The number of carbonyl (C=O) groups excluding carboxylic acids is 1. The van der Waals surface area contributed by atoms with Crippen molar-refractivity contribution in [3.05, 3.63) is 29.8 Å². The molecule has 0 aliphatic heterocycles. The molecular weight excluding hydrogens is 230 g/mol. The van der Waals surface area contributed by atoms with Crippen molar-refractivity contribution in [1.29, 1.82) is 0 Å². The van der Waals surface area contributed by atoms with E-state index in [1.54, 1.807) is 0 Å². The summed E-state index contributed by atoms with van der Waals surface area (Å²) in [6.45, 7) is 0.